The highest BCUT2D eigenvalue weighted by atomic mass is 19.1. The maximum atomic E-state index is 13.0. The van der Waals surface area contributed by atoms with Gasteiger partial charge in [-0.25, -0.2) is 4.39 Å². The lowest BCUT2D eigenvalue weighted by Crippen LogP contribution is -2.21. The standard InChI is InChI=1S/C11H15FO2/c1-11(2,13)7-8-4-5-9(12)10(6-8)14-3/h4-6,13H,7H2,1-3H3. The molecule has 1 aromatic carbocycles. The Kier molecular flexibility index (Phi) is 3.11. The molecule has 3 heteroatoms. The third-order valence-electron chi connectivity index (χ3n) is 1.85. The van der Waals surface area contributed by atoms with E-state index in [-0.39, 0.29) is 11.6 Å². The average Bonchev–Trinajstić information content (AvgIpc) is 2.06. The van der Waals surface area contributed by atoms with Crippen molar-refractivity contribution in [3.63, 3.8) is 0 Å². The predicted octanol–water partition coefficient (Wildman–Crippen LogP) is 2.15. The Morgan fingerprint density at radius 3 is 2.57 bits per heavy atom. The van der Waals surface area contributed by atoms with Crippen LogP contribution in [0.25, 0.3) is 0 Å². The van der Waals surface area contributed by atoms with E-state index in [1.54, 1.807) is 26.0 Å². The lowest BCUT2D eigenvalue weighted by molar-refractivity contribution is 0.0809. The fourth-order valence-electron chi connectivity index (χ4n) is 1.31. The Balaban J connectivity index is 2.90. The Morgan fingerprint density at radius 2 is 2.07 bits per heavy atom. The van der Waals surface area contributed by atoms with E-state index in [2.05, 4.69) is 0 Å². The highest BCUT2D eigenvalue weighted by Crippen LogP contribution is 2.21. The van der Waals surface area contributed by atoms with E-state index in [0.717, 1.165) is 5.56 Å². The largest absolute Gasteiger partial charge is 0.494 e. The summed E-state index contributed by atoms with van der Waals surface area (Å²) in [4.78, 5) is 0. The van der Waals surface area contributed by atoms with Crippen LogP contribution >= 0.6 is 0 Å². The molecule has 0 bridgehead atoms. The summed E-state index contributed by atoms with van der Waals surface area (Å²) in [5, 5.41) is 9.57. The number of aliphatic hydroxyl groups is 1. The zero-order valence-electron chi connectivity index (χ0n) is 8.67. The second-order valence-corrected chi connectivity index (χ2v) is 3.96. The fourth-order valence-corrected chi connectivity index (χ4v) is 1.31. The normalized spacial score (nSPS) is 11.5. The van der Waals surface area contributed by atoms with Crippen LogP contribution in [-0.2, 0) is 6.42 Å². The summed E-state index contributed by atoms with van der Waals surface area (Å²) < 4.78 is 17.9. The van der Waals surface area contributed by atoms with E-state index in [0.29, 0.717) is 6.42 Å². The molecule has 0 aliphatic rings. The molecule has 0 saturated heterocycles. The Bertz CT molecular complexity index is 316. The molecule has 1 rings (SSSR count). The highest BCUT2D eigenvalue weighted by molar-refractivity contribution is 5.30. The first kappa shape index (κ1) is 11.0. The van der Waals surface area contributed by atoms with Crippen LogP contribution in [0.2, 0.25) is 0 Å². The molecule has 1 aromatic rings. The Morgan fingerprint density at radius 1 is 1.43 bits per heavy atom. The van der Waals surface area contributed by atoms with Crippen molar-refractivity contribution in [3.8, 4) is 5.75 Å². The van der Waals surface area contributed by atoms with Crippen molar-refractivity contribution >= 4 is 0 Å². The molecule has 0 amide bonds. The summed E-state index contributed by atoms with van der Waals surface area (Å²) in [6.45, 7) is 3.42. The molecule has 0 spiro atoms. The summed E-state index contributed by atoms with van der Waals surface area (Å²) in [6, 6.07) is 4.60. The van der Waals surface area contributed by atoms with Crippen molar-refractivity contribution in [2.75, 3.05) is 7.11 Å². The highest BCUT2D eigenvalue weighted by Gasteiger charge is 2.14. The van der Waals surface area contributed by atoms with Gasteiger partial charge in [-0.3, -0.25) is 0 Å². The monoisotopic (exact) mass is 198 g/mol. The summed E-state index contributed by atoms with van der Waals surface area (Å²) in [5.74, 6) is -0.168. The zero-order chi connectivity index (χ0) is 10.8. The molecule has 0 radical (unpaired) electrons. The quantitative estimate of drug-likeness (QED) is 0.806. The number of hydrogen-bond donors (Lipinski definition) is 1. The van der Waals surface area contributed by atoms with Gasteiger partial charge in [-0.05, 0) is 31.5 Å². The van der Waals surface area contributed by atoms with Crippen LogP contribution in [0.15, 0.2) is 18.2 Å². The van der Waals surface area contributed by atoms with Gasteiger partial charge >= 0.3 is 0 Å². The van der Waals surface area contributed by atoms with E-state index in [4.69, 9.17) is 4.74 Å². The van der Waals surface area contributed by atoms with Crippen LogP contribution in [0.1, 0.15) is 19.4 Å². The number of hydrogen-bond acceptors (Lipinski definition) is 2. The molecule has 78 valence electrons. The Labute approximate surface area is 83.3 Å². The van der Waals surface area contributed by atoms with Crippen molar-refractivity contribution in [3.05, 3.63) is 29.6 Å². The number of halogens is 1. The molecular formula is C11H15FO2. The number of ether oxygens (including phenoxy) is 1. The van der Waals surface area contributed by atoms with Gasteiger partial charge in [-0.2, -0.15) is 0 Å². The molecule has 0 unspecified atom stereocenters. The minimum atomic E-state index is -0.789. The van der Waals surface area contributed by atoms with Gasteiger partial charge in [0.05, 0.1) is 12.7 Å². The van der Waals surface area contributed by atoms with Gasteiger partial charge < -0.3 is 9.84 Å². The summed E-state index contributed by atoms with van der Waals surface area (Å²) >= 11 is 0. The molecular weight excluding hydrogens is 183 g/mol. The Hall–Kier alpha value is -1.09. The van der Waals surface area contributed by atoms with Crippen molar-refractivity contribution in [2.45, 2.75) is 25.9 Å². The van der Waals surface area contributed by atoms with Gasteiger partial charge in [0.25, 0.3) is 0 Å². The molecule has 0 aromatic heterocycles. The van der Waals surface area contributed by atoms with Crippen LogP contribution < -0.4 is 4.74 Å². The van der Waals surface area contributed by atoms with Crippen LogP contribution in [0.4, 0.5) is 4.39 Å². The van der Waals surface area contributed by atoms with Crippen LogP contribution in [0, 0.1) is 5.82 Å². The third kappa shape index (κ3) is 3.00. The van der Waals surface area contributed by atoms with E-state index < -0.39 is 5.60 Å². The van der Waals surface area contributed by atoms with E-state index in [1.165, 1.54) is 13.2 Å². The number of benzene rings is 1. The second kappa shape index (κ2) is 3.96. The van der Waals surface area contributed by atoms with Crippen LogP contribution in [-0.4, -0.2) is 17.8 Å². The van der Waals surface area contributed by atoms with E-state index >= 15 is 0 Å². The SMILES string of the molecule is COc1cc(CC(C)(C)O)ccc1F. The maximum Gasteiger partial charge on any atom is 0.165 e. The summed E-state index contributed by atoms with van der Waals surface area (Å²) in [7, 11) is 1.42. The minimum absolute atomic E-state index is 0.215. The average molecular weight is 198 g/mol. The van der Waals surface area contributed by atoms with Gasteiger partial charge in [0, 0.05) is 6.42 Å². The molecule has 0 atom stereocenters. The lowest BCUT2D eigenvalue weighted by Gasteiger charge is -2.17. The molecule has 0 saturated carbocycles. The third-order valence-corrected chi connectivity index (χ3v) is 1.85. The van der Waals surface area contributed by atoms with Gasteiger partial charge in [0.15, 0.2) is 11.6 Å². The first-order valence-corrected chi connectivity index (χ1v) is 4.47. The molecule has 0 aliphatic carbocycles. The maximum absolute atomic E-state index is 13.0. The second-order valence-electron chi connectivity index (χ2n) is 3.96. The molecule has 2 nitrogen and oxygen atoms in total. The fraction of sp³-hybridized carbons (Fsp3) is 0.455. The van der Waals surface area contributed by atoms with Crippen molar-refractivity contribution in [2.24, 2.45) is 0 Å². The molecule has 0 heterocycles. The lowest BCUT2D eigenvalue weighted by atomic mass is 9.99. The topological polar surface area (TPSA) is 29.5 Å². The van der Waals surface area contributed by atoms with Crippen molar-refractivity contribution in [1.82, 2.24) is 0 Å². The van der Waals surface area contributed by atoms with E-state index in [1.807, 2.05) is 0 Å². The smallest absolute Gasteiger partial charge is 0.165 e. The van der Waals surface area contributed by atoms with Crippen LogP contribution in [0.3, 0.4) is 0 Å². The summed E-state index contributed by atoms with van der Waals surface area (Å²) in [5.41, 5.74) is 0.0683. The van der Waals surface area contributed by atoms with Gasteiger partial charge in [-0.15, -0.1) is 0 Å². The first-order chi connectivity index (χ1) is 6.42. The van der Waals surface area contributed by atoms with Crippen molar-refractivity contribution < 1.29 is 14.2 Å². The summed E-state index contributed by atoms with van der Waals surface area (Å²) in [6.07, 6.45) is 0.476. The van der Waals surface area contributed by atoms with Gasteiger partial charge in [-0.1, -0.05) is 6.07 Å². The molecule has 0 fully saturated rings. The minimum Gasteiger partial charge on any atom is -0.494 e. The van der Waals surface area contributed by atoms with Crippen LogP contribution in [0.5, 0.6) is 5.75 Å². The molecule has 0 aliphatic heterocycles. The zero-order valence-corrected chi connectivity index (χ0v) is 8.67. The number of methoxy groups -OCH3 is 1. The van der Waals surface area contributed by atoms with Crippen molar-refractivity contribution in [1.29, 1.82) is 0 Å². The van der Waals surface area contributed by atoms with E-state index in [9.17, 15) is 9.50 Å². The molecule has 14 heavy (non-hydrogen) atoms. The molecule has 1 N–H and O–H groups in total. The predicted molar refractivity (Wildman–Crippen MR) is 53.0 cm³/mol. The van der Waals surface area contributed by atoms with Gasteiger partial charge in [0.1, 0.15) is 0 Å². The number of rotatable bonds is 3. The first-order valence-electron chi connectivity index (χ1n) is 4.47. The van der Waals surface area contributed by atoms with Gasteiger partial charge in [0.2, 0.25) is 0 Å².